The molecule has 0 aliphatic carbocycles. The van der Waals surface area contributed by atoms with Crippen LogP contribution in [0.4, 0.5) is 10.1 Å². The van der Waals surface area contributed by atoms with Gasteiger partial charge >= 0.3 is 0 Å². The molecule has 0 bridgehead atoms. The Morgan fingerprint density at radius 2 is 1.81 bits per heavy atom. The number of hydrogen-bond acceptors (Lipinski definition) is 4. The molecule has 6 nitrogen and oxygen atoms in total. The van der Waals surface area contributed by atoms with Crippen LogP contribution in [0.1, 0.15) is 13.3 Å². The molecule has 1 unspecified atom stereocenters. The highest BCUT2D eigenvalue weighted by molar-refractivity contribution is 7.90. The van der Waals surface area contributed by atoms with Gasteiger partial charge in [-0.3, -0.25) is 9.59 Å². The number of nitrogens with one attached hydrogen (secondary N) is 2. The standard InChI is InChI=1S/C13H17FN2O4S/c1-9(17)15-12(7-8-21(2,19)20)13(18)16-11-5-3-10(14)4-6-11/h3-6,12H,7-8H2,1-2H3,(H,15,17)(H,16,18). The number of halogens is 1. The highest BCUT2D eigenvalue weighted by Crippen LogP contribution is 2.09. The minimum atomic E-state index is -3.25. The van der Waals surface area contributed by atoms with Crippen LogP contribution < -0.4 is 10.6 Å². The molecule has 21 heavy (non-hydrogen) atoms. The van der Waals surface area contributed by atoms with Crippen LogP contribution in [0.15, 0.2) is 24.3 Å². The van der Waals surface area contributed by atoms with E-state index in [9.17, 15) is 22.4 Å². The van der Waals surface area contributed by atoms with Crippen molar-refractivity contribution in [2.75, 3.05) is 17.3 Å². The van der Waals surface area contributed by atoms with Crippen molar-refractivity contribution in [1.82, 2.24) is 5.32 Å². The Labute approximate surface area is 122 Å². The van der Waals surface area contributed by atoms with Gasteiger partial charge in [-0.1, -0.05) is 0 Å². The van der Waals surface area contributed by atoms with Crippen molar-refractivity contribution < 1.29 is 22.4 Å². The summed E-state index contributed by atoms with van der Waals surface area (Å²) >= 11 is 0. The first kappa shape index (κ1) is 17.1. The van der Waals surface area contributed by atoms with Crippen LogP contribution in [0.2, 0.25) is 0 Å². The molecular weight excluding hydrogens is 299 g/mol. The fraction of sp³-hybridized carbons (Fsp3) is 0.385. The average molecular weight is 316 g/mol. The van der Waals surface area contributed by atoms with Crippen LogP contribution in [0.5, 0.6) is 0 Å². The van der Waals surface area contributed by atoms with E-state index in [1.54, 1.807) is 0 Å². The Morgan fingerprint density at radius 3 is 2.29 bits per heavy atom. The summed E-state index contributed by atoms with van der Waals surface area (Å²) in [6.45, 7) is 1.23. The fourth-order valence-corrected chi connectivity index (χ4v) is 2.27. The predicted molar refractivity (Wildman–Crippen MR) is 77.0 cm³/mol. The summed E-state index contributed by atoms with van der Waals surface area (Å²) in [5, 5.41) is 4.89. The Hall–Kier alpha value is -1.96. The van der Waals surface area contributed by atoms with Gasteiger partial charge < -0.3 is 10.6 Å². The van der Waals surface area contributed by atoms with Crippen molar-refractivity contribution in [2.24, 2.45) is 0 Å². The zero-order chi connectivity index (χ0) is 16.0. The summed E-state index contributed by atoms with van der Waals surface area (Å²) in [6.07, 6.45) is 1.02. The molecule has 2 N–H and O–H groups in total. The second-order valence-corrected chi connectivity index (χ2v) is 6.93. The second-order valence-electron chi connectivity index (χ2n) is 4.67. The molecule has 8 heteroatoms. The first-order chi connectivity index (χ1) is 9.67. The number of anilines is 1. The quantitative estimate of drug-likeness (QED) is 0.808. The molecule has 0 saturated heterocycles. The minimum absolute atomic E-state index is 0.0363. The van der Waals surface area contributed by atoms with E-state index < -0.39 is 33.5 Å². The van der Waals surface area contributed by atoms with Crippen LogP contribution in [-0.2, 0) is 19.4 Å². The molecule has 1 aromatic carbocycles. The van der Waals surface area contributed by atoms with E-state index in [0.717, 1.165) is 6.26 Å². The first-order valence-corrected chi connectivity index (χ1v) is 8.24. The number of benzene rings is 1. The maximum Gasteiger partial charge on any atom is 0.246 e. The number of amides is 2. The van der Waals surface area contributed by atoms with E-state index >= 15 is 0 Å². The number of carbonyl (C=O) groups excluding carboxylic acids is 2. The van der Waals surface area contributed by atoms with E-state index in [-0.39, 0.29) is 12.2 Å². The Balaban J connectivity index is 2.74. The summed E-state index contributed by atoms with van der Waals surface area (Å²) in [6, 6.07) is 4.13. The van der Waals surface area contributed by atoms with Gasteiger partial charge in [-0.05, 0) is 30.7 Å². The monoisotopic (exact) mass is 316 g/mol. The van der Waals surface area contributed by atoms with Gasteiger partial charge in [0.2, 0.25) is 11.8 Å². The number of carbonyl (C=O) groups is 2. The lowest BCUT2D eigenvalue weighted by atomic mass is 10.2. The van der Waals surface area contributed by atoms with Gasteiger partial charge in [-0.25, -0.2) is 12.8 Å². The van der Waals surface area contributed by atoms with Crippen molar-refractivity contribution >= 4 is 27.3 Å². The zero-order valence-corrected chi connectivity index (χ0v) is 12.5. The summed E-state index contributed by atoms with van der Waals surface area (Å²) in [7, 11) is -3.25. The van der Waals surface area contributed by atoms with Gasteiger partial charge in [0, 0.05) is 18.9 Å². The molecule has 1 aromatic rings. The fourth-order valence-electron chi connectivity index (χ4n) is 1.61. The third kappa shape index (κ3) is 6.84. The Bertz CT molecular complexity index is 614. The largest absolute Gasteiger partial charge is 0.345 e. The summed E-state index contributed by atoms with van der Waals surface area (Å²) in [4.78, 5) is 23.1. The molecule has 0 saturated carbocycles. The summed E-state index contributed by atoms with van der Waals surface area (Å²) in [5.74, 6) is -1.67. The molecule has 0 aliphatic heterocycles. The van der Waals surface area contributed by atoms with Gasteiger partial charge in [-0.15, -0.1) is 0 Å². The van der Waals surface area contributed by atoms with Crippen molar-refractivity contribution in [3.8, 4) is 0 Å². The van der Waals surface area contributed by atoms with Gasteiger partial charge in [0.1, 0.15) is 21.7 Å². The van der Waals surface area contributed by atoms with Gasteiger partial charge in [-0.2, -0.15) is 0 Å². The zero-order valence-electron chi connectivity index (χ0n) is 11.7. The molecule has 0 spiro atoms. The van der Waals surface area contributed by atoms with E-state index in [1.165, 1.54) is 31.2 Å². The lowest BCUT2D eigenvalue weighted by Gasteiger charge is -2.17. The molecule has 0 aliphatic rings. The molecule has 2 amide bonds. The smallest absolute Gasteiger partial charge is 0.246 e. The maximum absolute atomic E-state index is 12.8. The molecule has 0 heterocycles. The maximum atomic E-state index is 12.8. The summed E-state index contributed by atoms with van der Waals surface area (Å²) in [5.41, 5.74) is 0.358. The van der Waals surface area contributed by atoms with Gasteiger partial charge in [0.15, 0.2) is 0 Å². The molecule has 0 radical (unpaired) electrons. The van der Waals surface area contributed by atoms with E-state index in [2.05, 4.69) is 10.6 Å². The topological polar surface area (TPSA) is 92.3 Å². The lowest BCUT2D eigenvalue weighted by Crippen LogP contribution is -2.43. The summed E-state index contributed by atoms with van der Waals surface area (Å²) < 4.78 is 35.1. The number of sulfone groups is 1. The van der Waals surface area contributed by atoms with Crippen LogP contribution in [-0.4, -0.2) is 38.3 Å². The number of rotatable bonds is 6. The second kappa shape index (κ2) is 7.16. The van der Waals surface area contributed by atoms with E-state index in [0.29, 0.717) is 5.69 Å². The SMILES string of the molecule is CC(=O)NC(CCS(C)(=O)=O)C(=O)Nc1ccc(F)cc1. The molecule has 1 rings (SSSR count). The molecule has 116 valence electrons. The normalized spacial score (nSPS) is 12.5. The highest BCUT2D eigenvalue weighted by atomic mass is 32.2. The first-order valence-electron chi connectivity index (χ1n) is 6.18. The predicted octanol–water partition coefficient (Wildman–Crippen LogP) is 0.704. The van der Waals surface area contributed by atoms with Crippen molar-refractivity contribution in [3.05, 3.63) is 30.1 Å². The van der Waals surface area contributed by atoms with E-state index in [4.69, 9.17) is 0 Å². The lowest BCUT2D eigenvalue weighted by molar-refractivity contribution is -0.125. The van der Waals surface area contributed by atoms with Crippen LogP contribution >= 0.6 is 0 Å². The Kier molecular flexibility index (Phi) is 5.83. The average Bonchev–Trinajstić information content (AvgIpc) is 2.35. The highest BCUT2D eigenvalue weighted by Gasteiger charge is 2.21. The minimum Gasteiger partial charge on any atom is -0.345 e. The molecule has 0 aromatic heterocycles. The van der Waals surface area contributed by atoms with Crippen LogP contribution in [0.25, 0.3) is 0 Å². The third-order valence-corrected chi connectivity index (χ3v) is 3.56. The van der Waals surface area contributed by atoms with Crippen molar-refractivity contribution in [2.45, 2.75) is 19.4 Å². The van der Waals surface area contributed by atoms with Crippen molar-refractivity contribution in [1.29, 1.82) is 0 Å². The number of hydrogen-bond donors (Lipinski definition) is 2. The third-order valence-electron chi connectivity index (χ3n) is 2.58. The molecule has 1 atom stereocenters. The van der Waals surface area contributed by atoms with Crippen LogP contribution in [0, 0.1) is 5.82 Å². The Morgan fingerprint density at radius 1 is 1.24 bits per heavy atom. The van der Waals surface area contributed by atoms with Crippen LogP contribution in [0.3, 0.4) is 0 Å². The van der Waals surface area contributed by atoms with Gasteiger partial charge in [0.05, 0.1) is 5.75 Å². The molecular formula is C13H17FN2O4S. The molecule has 0 fully saturated rings. The van der Waals surface area contributed by atoms with Crippen molar-refractivity contribution in [3.63, 3.8) is 0 Å². The van der Waals surface area contributed by atoms with E-state index in [1.807, 2.05) is 0 Å². The van der Waals surface area contributed by atoms with Gasteiger partial charge in [0.25, 0.3) is 0 Å².